The fraction of sp³-hybridized carbons (Fsp3) is 0.714. The topological polar surface area (TPSA) is 64.8 Å². The molecule has 0 bridgehead atoms. The molecule has 0 N–H and O–H groups in total. The third-order valence-corrected chi connectivity index (χ3v) is 3.53. The first-order valence-corrected chi connectivity index (χ1v) is 5.95. The summed E-state index contributed by atoms with van der Waals surface area (Å²) in [5.41, 5.74) is 0. The molecule has 0 spiro atoms. The Labute approximate surface area is 85.0 Å². The monoisotopic (exact) mass is 237 g/mol. The molecule has 1 aromatic rings. The van der Waals surface area contributed by atoms with Gasteiger partial charge in [-0.1, -0.05) is 0 Å². The first kappa shape index (κ1) is 10.5. The van der Waals surface area contributed by atoms with Gasteiger partial charge in [-0.3, -0.25) is 0 Å². The number of fused-ring (bicyclic) bond motifs is 1. The minimum atomic E-state index is -4.65. The number of alkyl halides is 2. The molecule has 0 radical (unpaired) electrons. The number of halogens is 2. The van der Waals surface area contributed by atoms with Crippen molar-refractivity contribution in [1.82, 2.24) is 14.8 Å². The predicted octanol–water partition coefficient (Wildman–Crippen LogP) is 0.782. The van der Waals surface area contributed by atoms with Crippen molar-refractivity contribution in [3.8, 4) is 0 Å². The Morgan fingerprint density at radius 1 is 1.53 bits per heavy atom. The van der Waals surface area contributed by atoms with E-state index in [0.29, 0.717) is 12.2 Å². The summed E-state index contributed by atoms with van der Waals surface area (Å²) in [6.07, 6.45) is 1.39. The van der Waals surface area contributed by atoms with Gasteiger partial charge in [0, 0.05) is 6.42 Å². The van der Waals surface area contributed by atoms with E-state index in [1.54, 1.807) is 0 Å². The summed E-state index contributed by atoms with van der Waals surface area (Å²) in [5, 5.41) is 2.84. The first-order valence-electron chi connectivity index (χ1n) is 4.40. The van der Waals surface area contributed by atoms with Crippen molar-refractivity contribution in [2.75, 3.05) is 0 Å². The van der Waals surface area contributed by atoms with Crippen molar-refractivity contribution in [3.05, 3.63) is 5.82 Å². The van der Waals surface area contributed by atoms with Crippen molar-refractivity contribution in [1.29, 1.82) is 0 Å². The Bertz CT molecular complexity index is 482. The molecule has 0 fully saturated rings. The zero-order valence-electron chi connectivity index (χ0n) is 7.89. The van der Waals surface area contributed by atoms with Crippen LogP contribution in [0.3, 0.4) is 0 Å². The smallest absolute Gasteiger partial charge is 0.246 e. The molecular weight excluding hydrogens is 228 g/mol. The Kier molecular flexibility index (Phi) is 2.25. The number of aromatic nitrogens is 3. The van der Waals surface area contributed by atoms with Crippen LogP contribution in [0.2, 0.25) is 0 Å². The summed E-state index contributed by atoms with van der Waals surface area (Å²) in [7, 11) is -4.65. The maximum absolute atomic E-state index is 12.2. The van der Waals surface area contributed by atoms with Gasteiger partial charge in [0.2, 0.25) is 0 Å². The van der Waals surface area contributed by atoms with Crippen LogP contribution < -0.4 is 0 Å². The normalized spacial score (nSPS) is 20.9. The average Bonchev–Trinajstić information content (AvgIpc) is 2.68. The second kappa shape index (κ2) is 3.22. The van der Waals surface area contributed by atoms with E-state index in [-0.39, 0.29) is 6.04 Å². The van der Waals surface area contributed by atoms with Gasteiger partial charge in [-0.2, -0.15) is 8.78 Å². The molecule has 84 valence electrons. The van der Waals surface area contributed by atoms with E-state index in [1.807, 2.05) is 6.92 Å². The van der Waals surface area contributed by atoms with Gasteiger partial charge in [-0.05, 0) is 13.3 Å². The quantitative estimate of drug-likeness (QED) is 0.762. The minimum Gasteiger partial charge on any atom is -0.246 e. The molecule has 2 rings (SSSR count). The number of hydrogen-bond acceptors (Lipinski definition) is 4. The standard InChI is InChI=1S/C7H9F2N3O2S/c1-4-2-3-5-10-7(11-12(4)5)15(13,14)6(8)9/h4,6H,2-3H2,1H3/t4-/m0/s1. The van der Waals surface area contributed by atoms with E-state index in [1.165, 1.54) is 4.68 Å². The predicted molar refractivity (Wildman–Crippen MR) is 46.2 cm³/mol. The highest BCUT2D eigenvalue weighted by molar-refractivity contribution is 7.91. The number of aryl methyl sites for hydroxylation is 1. The van der Waals surface area contributed by atoms with Gasteiger partial charge in [0.25, 0.3) is 15.0 Å². The molecule has 0 unspecified atom stereocenters. The molecule has 0 amide bonds. The van der Waals surface area contributed by atoms with Crippen LogP contribution in [0.4, 0.5) is 8.78 Å². The van der Waals surface area contributed by atoms with Crippen LogP contribution in [-0.4, -0.2) is 28.9 Å². The van der Waals surface area contributed by atoms with E-state index >= 15 is 0 Å². The van der Waals surface area contributed by atoms with Gasteiger partial charge >= 0.3 is 5.76 Å². The van der Waals surface area contributed by atoms with Crippen LogP contribution in [0.5, 0.6) is 0 Å². The first-order chi connectivity index (χ1) is 6.93. The average molecular weight is 237 g/mol. The van der Waals surface area contributed by atoms with Gasteiger partial charge in [-0.25, -0.2) is 18.1 Å². The van der Waals surface area contributed by atoms with E-state index < -0.39 is 20.8 Å². The van der Waals surface area contributed by atoms with Gasteiger partial charge < -0.3 is 0 Å². The lowest BCUT2D eigenvalue weighted by Gasteiger charge is -2.02. The molecule has 5 nitrogen and oxygen atoms in total. The van der Waals surface area contributed by atoms with Crippen molar-refractivity contribution in [2.45, 2.75) is 36.7 Å². The maximum atomic E-state index is 12.2. The fourth-order valence-electron chi connectivity index (χ4n) is 1.52. The highest BCUT2D eigenvalue weighted by atomic mass is 32.2. The maximum Gasteiger partial charge on any atom is 0.344 e. The largest absolute Gasteiger partial charge is 0.344 e. The lowest BCUT2D eigenvalue weighted by atomic mass is 10.2. The molecule has 0 saturated carbocycles. The number of sulfone groups is 1. The molecule has 15 heavy (non-hydrogen) atoms. The Morgan fingerprint density at radius 3 is 2.73 bits per heavy atom. The van der Waals surface area contributed by atoms with Crippen LogP contribution in [0.25, 0.3) is 0 Å². The van der Waals surface area contributed by atoms with Crippen molar-refractivity contribution in [3.63, 3.8) is 0 Å². The summed E-state index contributed by atoms with van der Waals surface area (Å²) in [5.74, 6) is -3.00. The molecule has 0 aromatic carbocycles. The second-order valence-corrected chi connectivity index (χ2v) is 5.26. The Morgan fingerprint density at radius 2 is 2.20 bits per heavy atom. The lowest BCUT2D eigenvalue weighted by molar-refractivity contribution is 0.233. The van der Waals surface area contributed by atoms with Gasteiger partial charge in [0.05, 0.1) is 6.04 Å². The summed E-state index contributed by atoms with van der Waals surface area (Å²) < 4.78 is 47.9. The lowest BCUT2D eigenvalue weighted by Crippen LogP contribution is -2.14. The highest BCUT2D eigenvalue weighted by Crippen LogP contribution is 2.25. The van der Waals surface area contributed by atoms with Crippen LogP contribution in [0, 0.1) is 0 Å². The van der Waals surface area contributed by atoms with Crippen molar-refractivity contribution < 1.29 is 17.2 Å². The molecular formula is C7H9F2N3O2S. The number of nitrogens with zero attached hydrogens (tertiary/aromatic N) is 3. The zero-order valence-corrected chi connectivity index (χ0v) is 8.71. The fourth-order valence-corrected chi connectivity index (χ4v) is 2.11. The number of rotatable bonds is 2. The van der Waals surface area contributed by atoms with Crippen LogP contribution in [0.1, 0.15) is 25.2 Å². The molecule has 1 atom stereocenters. The SMILES string of the molecule is C[C@H]1CCc2nc(S(=O)(=O)C(F)F)nn21. The van der Waals surface area contributed by atoms with Gasteiger partial charge in [0.15, 0.2) is 0 Å². The van der Waals surface area contributed by atoms with E-state index in [0.717, 1.165) is 6.42 Å². The van der Waals surface area contributed by atoms with Crippen molar-refractivity contribution in [2.24, 2.45) is 0 Å². The third-order valence-electron chi connectivity index (χ3n) is 2.37. The van der Waals surface area contributed by atoms with E-state index in [2.05, 4.69) is 10.1 Å². The molecule has 1 aliphatic heterocycles. The Balaban J connectivity index is 2.46. The highest BCUT2D eigenvalue weighted by Gasteiger charge is 2.34. The molecule has 0 saturated heterocycles. The minimum absolute atomic E-state index is 0.0223. The summed E-state index contributed by atoms with van der Waals surface area (Å²) in [4.78, 5) is 3.62. The molecule has 1 aliphatic rings. The second-order valence-electron chi connectivity index (χ2n) is 3.45. The summed E-state index contributed by atoms with van der Waals surface area (Å²) >= 11 is 0. The Hall–Kier alpha value is -1.05. The summed E-state index contributed by atoms with van der Waals surface area (Å²) in [6, 6.07) is 0.0223. The van der Waals surface area contributed by atoms with Gasteiger partial charge in [0.1, 0.15) is 5.82 Å². The van der Waals surface area contributed by atoms with Crippen LogP contribution >= 0.6 is 0 Å². The van der Waals surface area contributed by atoms with Crippen LogP contribution in [0.15, 0.2) is 5.16 Å². The molecule has 1 aromatic heterocycles. The van der Waals surface area contributed by atoms with Crippen LogP contribution in [-0.2, 0) is 16.3 Å². The molecule has 2 heterocycles. The molecule has 0 aliphatic carbocycles. The summed E-state index contributed by atoms with van der Waals surface area (Å²) in [6.45, 7) is 1.84. The zero-order chi connectivity index (χ0) is 11.2. The molecule has 8 heteroatoms. The van der Waals surface area contributed by atoms with Gasteiger partial charge in [-0.15, -0.1) is 5.10 Å². The van der Waals surface area contributed by atoms with Crippen molar-refractivity contribution >= 4 is 9.84 Å². The third kappa shape index (κ3) is 1.52. The van der Waals surface area contributed by atoms with E-state index in [9.17, 15) is 17.2 Å². The van der Waals surface area contributed by atoms with E-state index in [4.69, 9.17) is 0 Å². The number of hydrogen-bond donors (Lipinski definition) is 0.